The lowest BCUT2D eigenvalue weighted by molar-refractivity contribution is 0.0224. The third kappa shape index (κ3) is 3.17. The summed E-state index contributed by atoms with van der Waals surface area (Å²) in [4.78, 5) is 0. The van der Waals surface area contributed by atoms with Crippen LogP contribution < -0.4 is 10.1 Å². The van der Waals surface area contributed by atoms with Crippen LogP contribution in [0.5, 0.6) is 5.75 Å². The maximum atomic E-state index is 6.37. The quantitative estimate of drug-likeness (QED) is 0.846. The van der Waals surface area contributed by atoms with Crippen molar-refractivity contribution in [2.45, 2.75) is 65.5 Å². The van der Waals surface area contributed by atoms with Gasteiger partial charge < -0.3 is 10.1 Å². The van der Waals surface area contributed by atoms with Crippen molar-refractivity contribution in [3.8, 4) is 5.75 Å². The molecule has 1 unspecified atom stereocenters. The van der Waals surface area contributed by atoms with Crippen molar-refractivity contribution in [3.05, 3.63) is 29.3 Å². The Morgan fingerprint density at radius 1 is 1.30 bits per heavy atom. The Morgan fingerprint density at radius 3 is 2.60 bits per heavy atom. The van der Waals surface area contributed by atoms with Gasteiger partial charge in [0.2, 0.25) is 0 Å². The minimum absolute atomic E-state index is 0.00307. The largest absolute Gasteiger partial charge is 0.487 e. The van der Waals surface area contributed by atoms with Crippen LogP contribution in [0.4, 0.5) is 0 Å². The zero-order valence-corrected chi connectivity index (χ0v) is 13.6. The van der Waals surface area contributed by atoms with Crippen molar-refractivity contribution in [1.82, 2.24) is 5.32 Å². The van der Waals surface area contributed by atoms with Crippen LogP contribution in [-0.2, 0) is 0 Å². The Kier molecular flexibility index (Phi) is 4.74. The Bertz CT molecular complexity index is 449. The van der Waals surface area contributed by atoms with Gasteiger partial charge >= 0.3 is 0 Å². The summed E-state index contributed by atoms with van der Waals surface area (Å²) in [5.74, 6) is 1.75. The van der Waals surface area contributed by atoms with Gasteiger partial charge in [-0.2, -0.15) is 0 Å². The molecular weight excluding hydrogens is 246 g/mol. The highest BCUT2D eigenvalue weighted by molar-refractivity contribution is 5.41. The van der Waals surface area contributed by atoms with Crippen LogP contribution in [-0.4, -0.2) is 12.1 Å². The first-order chi connectivity index (χ1) is 9.49. The zero-order chi connectivity index (χ0) is 14.8. The van der Waals surface area contributed by atoms with Crippen molar-refractivity contribution in [3.63, 3.8) is 0 Å². The topological polar surface area (TPSA) is 21.3 Å². The summed E-state index contributed by atoms with van der Waals surface area (Å²) in [6.07, 6.45) is 3.20. The van der Waals surface area contributed by atoms with Gasteiger partial charge in [-0.3, -0.25) is 0 Å². The zero-order valence-electron chi connectivity index (χ0n) is 13.6. The van der Waals surface area contributed by atoms with Crippen LogP contribution >= 0.6 is 0 Å². The van der Waals surface area contributed by atoms with Gasteiger partial charge in [-0.1, -0.05) is 45.4 Å². The second-order valence-electron chi connectivity index (χ2n) is 6.59. The predicted octanol–water partition coefficient (Wildman–Crippen LogP) is 4.62. The van der Waals surface area contributed by atoms with E-state index in [4.69, 9.17) is 4.74 Å². The molecule has 2 heteroatoms. The van der Waals surface area contributed by atoms with E-state index in [0.717, 1.165) is 31.6 Å². The van der Waals surface area contributed by atoms with E-state index in [1.807, 2.05) is 0 Å². The Morgan fingerprint density at radius 2 is 2.00 bits per heavy atom. The summed E-state index contributed by atoms with van der Waals surface area (Å²) in [5.41, 5.74) is 2.64. The van der Waals surface area contributed by atoms with Crippen molar-refractivity contribution < 1.29 is 4.74 Å². The number of ether oxygens (including phenoxy) is 1. The molecule has 1 aliphatic heterocycles. The molecule has 0 aliphatic carbocycles. The fourth-order valence-corrected chi connectivity index (χ4v) is 3.03. The van der Waals surface area contributed by atoms with Crippen LogP contribution in [0.1, 0.15) is 64.1 Å². The number of nitrogens with one attached hydrogen (secondary N) is 1. The lowest BCUT2D eigenvalue weighted by Gasteiger charge is -2.42. The van der Waals surface area contributed by atoms with Crippen molar-refractivity contribution in [2.24, 2.45) is 5.92 Å². The predicted molar refractivity (Wildman–Crippen MR) is 85.3 cm³/mol. The minimum atomic E-state index is -0.00307. The van der Waals surface area contributed by atoms with E-state index < -0.39 is 0 Å². The summed E-state index contributed by atoms with van der Waals surface area (Å²) in [6, 6.07) is 7.00. The SMILES string of the molecule is CCC1(CC)CC(NCC(C)C)c2cc(C)ccc2O1. The second-order valence-corrected chi connectivity index (χ2v) is 6.59. The van der Waals surface area contributed by atoms with Crippen LogP contribution in [0.15, 0.2) is 18.2 Å². The number of hydrogen-bond donors (Lipinski definition) is 1. The standard InChI is InChI=1S/C18H29NO/c1-6-18(7-2)11-16(19-12-13(3)4)15-10-14(5)8-9-17(15)20-18/h8-10,13,16,19H,6-7,11-12H2,1-5H3. The van der Waals surface area contributed by atoms with E-state index in [0.29, 0.717) is 12.0 Å². The highest BCUT2D eigenvalue weighted by atomic mass is 16.5. The molecule has 20 heavy (non-hydrogen) atoms. The average Bonchev–Trinajstić information content (AvgIpc) is 2.44. The molecule has 0 radical (unpaired) electrons. The maximum Gasteiger partial charge on any atom is 0.124 e. The molecule has 0 fully saturated rings. The van der Waals surface area contributed by atoms with E-state index >= 15 is 0 Å². The smallest absolute Gasteiger partial charge is 0.124 e. The lowest BCUT2D eigenvalue weighted by Crippen LogP contribution is -2.44. The van der Waals surface area contributed by atoms with Gasteiger partial charge in [0.05, 0.1) is 0 Å². The molecule has 0 spiro atoms. The van der Waals surface area contributed by atoms with E-state index in [9.17, 15) is 0 Å². The first kappa shape index (κ1) is 15.4. The molecule has 112 valence electrons. The molecule has 0 saturated heterocycles. The molecule has 2 nitrogen and oxygen atoms in total. The van der Waals surface area contributed by atoms with Crippen molar-refractivity contribution in [2.75, 3.05) is 6.54 Å². The first-order valence-electron chi connectivity index (χ1n) is 8.02. The van der Waals surface area contributed by atoms with E-state index in [1.165, 1.54) is 11.1 Å². The molecule has 0 aromatic heterocycles. The average molecular weight is 275 g/mol. The third-order valence-electron chi connectivity index (χ3n) is 4.50. The maximum absolute atomic E-state index is 6.37. The Labute approximate surface area is 123 Å². The molecule has 1 atom stereocenters. The minimum Gasteiger partial charge on any atom is -0.487 e. The number of hydrogen-bond acceptors (Lipinski definition) is 2. The molecular formula is C18H29NO. The van der Waals surface area contributed by atoms with Gasteiger partial charge in [0.15, 0.2) is 0 Å². The summed E-state index contributed by atoms with van der Waals surface area (Å²) < 4.78 is 6.37. The fraction of sp³-hybridized carbons (Fsp3) is 0.667. The van der Waals surface area contributed by atoms with Crippen molar-refractivity contribution in [1.29, 1.82) is 0 Å². The monoisotopic (exact) mass is 275 g/mol. The highest BCUT2D eigenvalue weighted by Crippen LogP contribution is 2.43. The van der Waals surface area contributed by atoms with E-state index in [1.54, 1.807) is 0 Å². The van der Waals surface area contributed by atoms with Gasteiger partial charge in [0.1, 0.15) is 11.4 Å². The van der Waals surface area contributed by atoms with Gasteiger partial charge in [-0.25, -0.2) is 0 Å². The number of fused-ring (bicyclic) bond motifs is 1. The van der Waals surface area contributed by atoms with Gasteiger partial charge in [-0.15, -0.1) is 0 Å². The van der Waals surface area contributed by atoms with Crippen LogP contribution in [0, 0.1) is 12.8 Å². The van der Waals surface area contributed by atoms with Crippen LogP contribution in [0.2, 0.25) is 0 Å². The normalized spacial score (nSPS) is 20.6. The lowest BCUT2D eigenvalue weighted by atomic mass is 9.83. The summed E-state index contributed by atoms with van der Waals surface area (Å²) >= 11 is 0. The van der Waals surface area contributed by atoms with Crippen LogP contribution in [0.3, 0.4) is 0 Å². The number of rotatable bonds is 5. The van der Waals surface area contributed by atoms with E-state index in [-0.39, 0.29) is 5.60 Å². The van der Waals surface area contributed by atoms with Crippen molar-refractivity contribution >= 4 is 0 Å². The summed E-state index contributed by atoms with van der Waals surface area (Å²) in [7, 11) is 0. The molecule has 1 heterocycles. The summed E-state index contributed by atoms with van der Waals surface area (Å²) in [6.45, 7) is 12.2. The van der Waals surface area contributed by atoms with E-state index in [2.05, 4.69) is 58.1 Å². The molecule has 1 aliphatic rings. The molecule has 0 saturated carbocycles. The highest BCUT2D eigenvalue weighted by Gasteiger charge is 2.38. The Hall–Kier alpha value is -1.02. The second kappa shape index (κ2) is 6.17. The molecule has 1 aromatic carbocycles. The number of benzene rings is 1. The molecule has 1 aromatic rings. The first-order valence-corrected chi connectivity index (χ1v) is 8.02. The Balaban J connectivity index is 2.31. The molecule has 2 rings (SSSR count). The summed E-state index contributed by atoms with van der Waals surface area (Å²) in [5, 5.41) is 3.75. The van der Waals surface area contributed by atoms with Gasteiger partial charge in [0.25, 0.3) is 0 Å². The van der Waals surface area contributed by atoms with Gasteiger partial charge in [-0.05, 0) is 38.3 Å². The third-order valence-corrected chi connectivity index (χ3v) is 4.50. The fourth-order valence-electron chi connectivity index (χ4n) is 3.03. The molecule has 1 N–H and O–H groups in total. The molecule has 0 amide bonds. The van der Waals surface area contributed by atoms with Crippen LogP contribution in [0.25, 0.3) is 0 Å². The van der Waals surface area contributed by atoms with Gasteiger partial charge in [0, 0.05) is 18.0 Å². The molecule has 0 bridgehead atoms. The number of aryl methyl sites for hydroxylation is 1.